The normalized spacial score (nSPS) is 17.7. The van der Waals surface area contributed by atoms with Crippen LogP contribution in [-0.2, 0) is 22.9 Å². The van der Waals surface area contributed by atoms with Crippen LogP contribution in [0.5, 0.6) is 0 Å². The smallest absolute Gasteiger partial charge is 0.0577 e. The number of sulfonamides is 1. The van der Waals surface area contributed by atoms with Crippen molar-refractivity contribution in [2.75, 3.05) is 13.1 Å². The van der Waals surface area contributed by atoms with Crippen molar-refractivity contribution in [3.05, 3.63) is 88.6 Å². The van der Waals surface area contributed by atoms with Gasteiger partial charge in [-0.25, -0.2) is 0 Å². The summed E-state index contributed by atoms with van der Waals surface area (Å²) in [5.41, 5.74) is 3.71. The number of carbonyl (C=O) groups excluding carboxylic acids is 2. The summed E-state index contributed by atoms with van der Waals surface area (Å²) in [6.45, 7) is 2.59. The summed E-state index contributed by atoms with van der Waals surface area (Å²) in [5, 5.41) is 0. The number of carbonyl (C=O) groups is 2. The molecular formula is C31H37N3O4SSn. The number of benzene rings is 2. The molecule has 9 heteroatoms. The first-order valence-corrected chi connectivity index (χ1v) is 25.5. The summed E-state index contributed by atoms with van der Waals surface area (Å²) in [7, 11) is -3.80. The van der Waals surface area contributed by atoms with E-state index in [2.05, 4.69) is 26.7 Å². The molecule has 0 aliphatic carbocycles. The molecule has 1 unspecified atom stereocenters. The van der Waals surface area contributed by atoms with Crippen LogP contribution in [0.3, 0.4) is 0 Å². The molecule has 40 heavy (non-hydrogen) atoms. The molecule has 0 radical (unpaired) electrons. The summed E-state index contributed by atoms with van der Waals surface area (Å²) < 4.78 is 30.4. The van der Waals surface area contributed by atoms with Gasteiger partial charge in [0.1, 0.15) is 0 Å². The predicted octanol–water partition coefficient (Wildman–Crippen LogP) is 4.94. The molecule has 210 valence electrons. The molecule has 1 atom stereocenters. The molecule has 3 heterocycles. The van der Waals surface area contributed by atoms with Gasteiger partial charge in [-0.1, -0.05) is 25.5 Å². The van der Waals surface area contributed by atoms with Gasteiger partial charge in [-0.3, -0.25) is 0 Å². The van der Waals surface area contributed by atoms with E-state index in [0.717, 1.165) is 39.7 Å². The Morgan fingerprint density at radius 2 is 1.68 bits per heavy atom. The third kappa shape index (κ3) is 5.50. The first-order valence-electron chi connectivity index (χ1n) is 14.1. The van der Waals surface area contributed by atoms with Gasteiger partial charge in [0.25, 0.3) is 0 Å². The van der Waals surface area contributed by atoms with Gasteiger partial charge < -0.3 is 0 Å². The van der Waals surface area contributed by atoms with Crippen molar-refractivity contribution in [1.82, 2.24) is 14.2 Å². The summed E-state index contributed by atoms with van der Waals surface area (Å²) in [6, 6.07) is 18.2. The fourth-order valence-corrected chi connectivity index (χ4v) is 10.2. The molecule has 3 aromatic rings. The van der Waals surface area contributed by atoms with Gasteiger partial charge in [-0.15, -0.1) is 0 Å². The van der Waals surface area contributed by atoms with Gasteiger partial charge in [0.05, 0.1) is 0 Å². The van der Waals surface area contributed by atoms with Gasteiger partial charge in [-0.2, -0.15) is 0 Å². The van der Waals surface area contributed by atoms with Gasteiger partial charge in [-0.05, 0) is 18.4 Å². The Morgan fingerprint density at radius 1 is 0.950 bits per heavy atom. The molecule has 2 amide bonds. The van der Waals surface area contributed by atoms with Crippen LogP contribution in [0.15, 0.2) is 65.6 Å². The third-order valence-corrected chi connectivity index (χ3v) is 15.0. The molecule has 0 saturated carbocycles. The number of amides is 2. The number of fused-ring (bicyclic) bond motifs is 2. The van der Waals surface area contributed by atoms with E-state index in [4.69, 9.17) is 0 Å². The Kier molecular flexibility index (Phi) is 8.23. The zero-order valence-corrected chi connectivity index (χ0v) is 27.4. The number of unbranched alkanes of at least 4 members (excludes halogenated alkanes) is 1. The Labute approximate surface area is 241 Å². The second-order valence-electron chi connectivity index (χ2n) is 11.7. The van der Waals surface area contributed by atoms with Crippen molar-refractivity contribution in [2.24, 2.45) is 0 Å². The molecule has 1 aromatic heterocycles. The number of aromatic nitrogens is 1. The standard InChI is InChI=1S/C28H28N3O4S.3CH3.Sn/c1-2-3-7-20-11-13-22(14-12-20)36(34,35)31-19-15-21-8-4-5-9-23(21)25(31)16-18-30-27(32)24-10-6-17-29-26(24)28(30)33;;;;/h4-6,8-14,25H,2-3,7,15-16,18-19H2,1H3;3*1H3;. The number of pyridine rings is 1. The molecule has 2 aliphatic heterocycles. The van der Waals surface area contributed by atoms with E-state index in [1.165, 1.54) is 4.90 Å². The van der Waals surface area contributed by atoms with Crippen molar-refractivity contribution in [2.45, 2.75) is 64.8 Å². The molecule has 0 bridgehead atoms. The number of nitrogens with zero attached hydrogens (tertiary/aromatic N) is 3. The number of rotatable bonds is 9. The fourth-order valence-electron chi connectivity index (χ4n) is 5.59. The monoisotopic (exact) mass is 667 g/mol. The van der Waals surface area contributed by atoms with E-state index in [9.17, 15) is 18.0 Å². The van der Waals surface area contributed by atoms with Crippen LogP contribution in [0.2, 0.25) is 14.8 Å². The summed E-state index contributed by atoms with van der Waals surface area (Å²) in [4.78, 5) is 39.4. The molecular weight excluding hydrogens is 629 g/mol. The van der Waals surface area contributed by atoms with E-state index in [0.29, 0.717) is 24.9 Å². The number of aryl methyl sites for hydroxylation is 1. The average Bonchev–Trinajstić information content (AvgIpc) is 3.18. The predicted molar refractivity (Wildman–Crippen MR) is 159 cm³/mol. The van der Waals surface area contributed by atoms with Crippen LogP contribution in [0.1, 0.15) is 69.8 Å². The topological polar surface area (TPSA) is 87.7 Å². The first-order chi connectivity index (χ1) is 19.0. The number of hydrogen-bond acceptors (Lipinski definition) is 5. The first kappa shape index (κ1) is 28.9. The minimum absolute atomic E-state index is 0.114. The Morgan fingerprint density at radius 3 is 2.38 bits per heavy atom. The molecule has 7 nitrogen and oxygen atoms in total. The maximum absolute atomic E-state index is 13.9. The zero-order valence-electron chi connectivity index (χ0n) is 23.7. The van der Waals surface area contributed by atoms with Crippen LogP contribution in [-0.4, -0.2) is 65.9 Å². The Hall–Kier alpha value is -2.56. The van der Waals surface area contributed by atoms with E-state index in [1.807, 2.05) is 42.5 Å². The molecule has 0 fully saturated rings. The van der Waals surface area contributed by atoms with Crippen LogP contribution in [0.4, 0.5) is 0 Å². The third-order valence-electron chi connectivity index (χ3n) is 7.93. The van der Waals surface area contributed by atoms with Crippen LogP contribution in [0.25, 0.3) is 0 Å². The number of imide groups is 1. The van der Waals surface area contributed by atoms with Crippen molar-refractivity contribution in [3.63, 3.8) is 0 Å². The zero-order chi connectivity index (χ0) is 28.7. The summed E-state index contributed by atoms with van der Waals surface area (Å²) in [5.74, 6) is -0.747. The van der Waals surface area contributed by atoms with E-state index >= 15 is 0 Å². The van der Waals surface area contributed by atoms with Crippen LogP contribution >= 0.6 is 0 Å². The van der Waals surface area contributed by atoms with Crippen LogP contribution < -0.4 is 3.71 Å². The summed E-state index contributed by atoms with van der Waals surface area (Å²) in [6.07, 6.45) is 3.98. The minimum atomic E-state index is -3.80. The van der Waals surface area contributed by atoms with Gasteiger partial charge in [0.2, 0.25) is 0 Å². The second kappa shape index (κ2) is 11.4. The van der Waals surface area contributed by atoms with E-state index in [-0.39, 0.29) is 23.0 Å². The second-order valence-corrected chi connectivity index (χ2v) is 27.9. The van der Waals surface area contributed by atoms with Gasteiger partial charge >= 0.3 is 199 Å². The minimum Gasteiger partial charge on any atom is -0.0577 e. The fraction of sp³-hybridized carbons (Fsp3) is 0.387. The van der Waals surface area contributed by atoms with Crippen molar-refractivity contribution in [3.8, 4) is 0 Å². The molecule has 0 spiro atoms. The van der Waals surface area contributed by atoms with Gasteiger partial charge in [0.15, 0.2) is 0 Å². The van der Waals surface area contributed by atoms with Gasteiger partial charge in [0, 0.05) is 0 Å². The molecule has 2 aliphatic rings. The maximum atomic E-state index is 13.9. The SMILES string of the molecule is CCCCc1ccc(S(=O)(=O)N2CCc3ccccc3C2CCN2C(=O)c3cc[c]([Sn]([CH3])([CH3])[CH3])nc3C2=O)cc1. The van der Waals surface area contributed by atoms with Crippen LogP contribution in [0, 0.1) is 0 Å². The van der Waals surface area contributed by atoms with E-state index in [1.54, 1.807) is 22.5 Å². The Balaban J connectivity index is 1.42. The molecule has 5 rings (SSSR count). The quantitative estimate of drug-likeness (QED) is 0.239. The van der Waals surface area contributed by atoms with Crippen molar-refractivity contribution < 1.29 is 18.0 Å². The average molecular weight is 666 g/mol. The van der Waals surface area contributed by atoms with E-state index < -0.39 is 40.3 Å². The number of hydrogen-bond donors (Lipinski definition) is 0. The van der Waals surface area contributed by atoms with Crippen molar-refractivity contribution in [1.29, 1.82) is 0 Å². The van der Waals surface area contributed by atoms with Crippen molar-refractivity contribution >= 4 is 43.9 Å². The molecule has 2 aromatic carbocycles. The molecule has 0 saturated heterocycles. The summed E-state index contributed by atoms with van der Waals surface area (Å²) >= 11 is -2.55. The Bertz CT molecular complexity index is 1550. The molecule has 0 N–H and O–H groups in total.